The van der Waals surface area contributed by atoms with Crippen molar-refractivity contribution in [2.45, 2.75) is 33.6 Å². The summed E-state index contributed by atoms with van der Waals surface area (Å²) >= 11 is 0. The Hall–Kier alpha value is -2.09. The van der Waals surface area contributed by atoms with Crippen LogP contribution in [0.25, 0.3) is 0 Å². The summed E-state index contributed by atoms with van der Waals surface area (Å²) in [5.41, 5.74) is 3.34. The number of rotatable bonds is 4. The highest BCUT2D eigenvalue weighted by molar-refractivity contribution is 5.93. The van der Waals surface area contributed by atoms with Gasteiger partial charge in [-0.2, -0.15) is 0 Å². The molecule has 2 heteroatoms. The SMILES string of the molecule is CC(C)(C)Cc1ccccc1NC(=O)Cc1ccccc1. The molecule has 1 amide bonds. The van der Waals surface area contributed by atoms with Gasteiger partial charge in [0.05, 0.1) is 6.42 Å². The fraction of sp³-hybridized carbons (Fsp3) is 0.316. The van der Waals surface area contributed by atoms with Gasteiger partial charge in [0.1, 0.15) is 0 Å². The van der Waals surface area contributed by atoms with Crippen LogP contribution in [0.1, 0.15) is 31.9 Å². The monoisotopic (exact) mass is 281 g/mol. The summed E-state index contributed by atoms with van der Waals surface area (Å²) < 4.78 is 0. The van der Waals surface area contributed by atoms with Gasteiger partial charge in [0.25, 0.3) is 0 Å². The molecule has 0 saturated carbocycles. The van der Waals surface area contributed by atoms with Crippen molar-refractivity contribution in [3.63, 3.8) is 0 Å². The molecule has 0 spiro atoms. The van der Waals surface area contributed by atoms with Gasteiger partial charge in [0, 0.05) is 5.69 Å². The normalized spacial score (nSPS) is 11.2. The van der Waals surface area contributed by atoms with Crippen molar-refractivity contribution in [2.75, 3.05) is 5.32 Å². The van der Waals surface area contributed by atoms with Gasteiger partial charge >= 0.3 is 0 Å². The minimum atomic E-state index is 0.0301. The molecule has 2 nitrogen and oxygen atoms in total. The van der Waals surface area contributed by atoms with Crippen LogP contribution in [-0.2, 0) is 17.6 Å². The highest BCUT2D eigenvalue weighted by Gasteiger charge is 2.15. The van der Waals surface area contributed by atoms with Gasteiger partial charge in [-0.1, -0.05) is 69.3 Å². The second-order valence-electron chi connectivity index (χ2n) is 6.61. The summed E-state index contributed by atoms with van der Waals surface area (Å²) in [6.45, 7) is 6.61. The first-order valence-electron chi connectivity index (χ1n) is 7.36. The highest BCUT2D eigenvalue weighted by Crippen LogP contribution is 2.25. The van der Waals surface area contributed by atoms with E-state index < -0.39 is 0 Å². The predicted molar refractivity (Wildman–Crippen MR) is 88.4 cm³/mol. The minimum absolute atomic E-state index is 0.0301. The van der Waals surface area contributed by atoms with Crippen LogP contribution in [0.4, 0.5) is 5.69 Å². The fourth-order valence-electron chi connectivity index (χ4n) is 2.34. The number of carbonyl (C=O) groups excluding carboxylic acids is 1. The van der Waals surface area contributed by atoms with E-state index >= 15 is 0 Å². The molecule has 1 N–H and O–H groups in total. The van der Waals surface area contributed by atoms with Crippen LogP contribution >= 0.6 is 0 Å². The summed E-state index contributed by atoms with van der Waals surface area (Å²) in [7, 11) is 0. The Morgan fingerprint density at radius 3 is 2.24 bits per heavy atom. The van der Waals surface area contributed by atoms with Crippen molar-refractivity contribution < 1.29 is 4.79 Å². The molecule has 0 bridgehead atoms. The lowest BCUT2D eigenvalue weighted by molar-refractivity contribution is -0.115. The van der Waals surface area contributed by atoms with Crippen molar-refractivity contribution in [1.82, 2.24) is 0 Å². The van der Waals surface area contributed by atoms with E-state index in [-0.39, 0.29) is 11.3 Å². The smallest absolute Gasteiger partial charge is 0.228 e. The first-order valence-corrected chi connectivity index (χ1v) is 7.36. The molecular formula is C19H23NO. The van der Waals surface area contributed by atoms with Gasteiger partial charge in [-0.3, -0.25) is 4.79 Å². The van der Waals surface area contributed by atoms with E-state index in [2.05, 4.69) is 32.2 Å². The van der Waals surface area contributed by atoms with Crippen LogP contribution in [-0.4, -0.2) is 5.91 Å². The fourth-order valence-corrected chi connectivity index (χ4v) is 2.34. The Morgan fingerprint density at radius 2 is 1.57 bits per heavy atom. The molecule has 0 unspecified atom stereocenters. The first-order chi connectivity index (χ1) is 9.94. The molecule has 0 aliphatic carbocycles. The van der Waals surface area contributed by atoms with E-state index in [0.29, 0.717) is 6.42 Å². The quantitative estimate of drug-likeness (QED) is 0.881. The molecule has 110 valence electrons. The zero-order valence-electron chi connectivity index (χ0n) is 13.0. The van der Waals surface area contributed by atoms with Gasteiger partial charge in [0.15, 0.2) is 0 Å². The zero-order valence-corrected chi connectivity index (χ0v) is 13.0. The number of anilines is 1. The third-order valence-electron chi connectivity index (χ3n) is 3.22. The van der Waals surface area contributed by atoms with Gasteiger partial charge in [0.2, 0.25) is 5.91 Å². The van der Waals surface area contributed by atoms with Gasteiger partial charge < -0.3 is 5.32 Å². The molecule has 0 heterocycles. The topological polar surface area (TPSA) is 29.1 Å². The second kappa shape index (κ2) is 6.57. The van der Waals surface area contributed by atoms with Crippen LogP contribution in [0, 0.1) is 5.41 Å². The number of amides is 1. The van der Waals surface area contributed by atoms with Crippen LogP contribution in [0.3, 0.4) is 0 Å². The van der Waals surface area contributed by atoms with Gasteiger partial charge in [-0.25, -0.2) is 0 Å². The Kier molecular flexibility index (Phi) is 4.79. The predicted octanol–water partition coefficient (Wildman–Crippen LogP) is 4.46. The molecule has 2 aromatic carbocycles. The molecule has 0 saturated heterocycles. The molecular weight excluding hydrogens is 258 g/mol. The summed E-state index contributed by atoms with van der Waals surface area (Å²) in [5.74, 6) is 0.0301. The first kappa shape index (κ1) is 15.3. The number of hydrogen-bond acceptors (Lipinski definition) is 1. The molecule has 0 aromatic heterocycles. The van der Waals surface area contributed by atoms with Crippen molar-refractivity contribution in [3.05, 3.63) is 65.7 Å². The van der Waals surface area contributed by atoms with Crippen molar-refractivity contribution in [1.29, 1.82) is 0 Å². The summed E-state index contributed by atoms with van der Waals surface area (Å²) in [5, 5.41) is 3.04. The van der Waals surface area contributed by atoms with Crippen molar-refractivity contribution in [2.24, 2.45) is 5.41 Å². The standard InChI is InChI=1S/C19H23NO/c1-19(2,3)14-16-11-7-8-12-17(16)20-18(21)13-15-9-5-4-6-10-15/h4-12H,13-14H2,1-3H3,(H,20,21). The third-order valence-corrected chi connectivity index (χ3v) is 3.22. The third kappa shape index (κ3) is 5.07. The molecule has 0 aliphatic rings. The van der Waals surface area contributed by atoms with Crippen molar-refractivity contribution >= 4 is 11.6 Å². The maximum atomic E-state index is 12.2. The number of para-hydroxylation sites is 1. The van der Waals surface area contributed by atoms with Crippen LogP contribution in [0.5, 0.6) is 0 Å². The Morgan fingerprint density at radius 1 is 0.952 bits per heavy atom. The lowest BCUT2D eigenvalue weighted by Crippen LogP contribution is -2.17. The minimum Gasteiger partial charge on any atom is -0.326 e. The number of hydrogen-bond donors (Lipinski definition) is 1. The summed E-state index contributed by atoms with van der Waals surface area (Å²) in [4.78, 5) is 12.2. The average Bonchev–Trinajstić information content (AvgIpc) is 2.40. The van der Waals surface area contributed by atoms with E-state index in [1.54, 1.807) is 0 Å². The number of carbonyl (C=O) groups is 1. The molecule has 2 aromatic rings. The summed E-state index contributed by atoms with van der Waals surface area (Å²) in [6.07, 6.45) is 1.35. The van der Waals surface area contributed by atoms with Crippen LogP contribution in [0.2, 0.25) is 0 Å². The molecule has 0 atom stereocenters. The Bertz CT molecular complexity index is 596. The zero-order chi connectivity index (χ0) is 15.3. The van der Waals surface area contributed by atoms with Gasteiger partial charge in [-0.15, -0.1) is 0 Å². The molecule has 21 heavy (non-hydrogen) atoms. The lowest BCUT2D eigenvalue weighted by Gasteiger charge is -2.20. The molecule has 0 aliphatic heterocycles. The Balaban J connectivity index is 2.07. The highest BCUT2D eigenvalue weighted by atomic mass is 16.1. The molecule has 0 radical (unpaired) electrons. The molecule has 0 fully saturated rings. The van der Waals surface area contributed by atoms with Crippen LogP contribution < -0.4 is 5.32 Å². The van der Waals surface area contributed by atoms with E-state index in [4.69, 9.17) is 0 Å². The van der Waals surface area contributed by atoms with Gasteiger partial charge in [-0.05, 0) is 29.0 Å². The number of nitrogens with one attached hydrogen (secondary N) is 1. The largest absolute Gasteiger partial charge is 0.326 e. The Labute approximate surface area is 127 Å². The van der Waals surface area contributed by atoms with Crippen LogP contribution in [0.15, 0.2) is 54.6 Å². The van der Waals surface area contributed by atoms with E-state index in [1.807, 2.05) is 48.5 Å². The molecule has 2 rings (SSSR count). The average molecular weight is 281 g/mol. The second-order valence-corrected chi connectivity index (χ2v) is 6.61. The van der Waals surface area contributed by atoms with E-state index in [9.17, 15) is 4.79 Å². The number of benzene rings is 2. The van der Waals surface area contributed by atoms with Crippen molar-refractivity contribution in [3.8, 4) is 0 Å². The maximum absolute atomic E-state index is 12.2. The van der Waals surface area contributed by atoms with E-state index in [0.717, 1.165) is 17.7 Å². The maximum Gasteiger partial charge on any atom is 0.228 e. The lowest BCUT2D eigenvalue weighted by atomic mass is 9.87. The van der Waals surface area contributed by atoms with E-state index in [1.165, 1.54) is 5.56 Å². The summed E-state index contributed by atoms with van der Waals surface area (Å²) in [6, 6.07) is 17.9.